The molecule has 0 fully saturated rings. The molecule has 0 saturated heterocycles. The highest BCUT2D eigenvalue weighted by Crippen LogP contribution is 2.30. The normalized spacial score (nSPS) is 17.7. The molecule has 1 aliphatic carbocycles. The van der Waals surface area contributed by atoms with Crippen molar-refractivity contribution >= 4 is 0 Å². The maximum absolute atomic E-state index is 13.4. The van der Waals surface area contributed by atoms with Crippen LogP contribution < -0.4 is 0 Å². The molecule has 0 heterocycles. The van der Waals surface area contributed by atoms with Gasteiger partial charge in [0.1, 0.15) is 11.6 Å². The van der Waals surface area contributed by atoms with Crippen LogP contribution >= 0.6 is 0 Å². The van der Waals surface area contributed by atoms with E-state index in [2.05, 4.69) is 6.08 Å². The molecule has 1 atom stereocenters. The molecule has 2 rings (SSSR count). The van der Waals surface area contributed by atoms with Gasteiger partial charge in [0.2, 0.25) is 0 Å². The molecule has 0 bridgehead atoms. The van der Waals surface area contributed by atoms with Gasteiger partial charge in [-0.2, -0.15) is 0 Å². The summed E-state index contributed by atoms with van der Waals surface area (Å²) in [6, 6.07) is 3.66. The average molecular weight is 238 g/mol. The zero-order valence-corrected chi connectivity index (χ0v) is 9.63. The second-order valence-electron chi connectivity index (χ2n) is 4.46. The molecule has 17 heavy (non-hydrogen) atoms. The summed E-state index contributed by atoms with van der Waals surface area (Å²) in [7, 11) is 0. The van der Waals surface area contributed by atoms with Crippen LogP contribution in [0.15, 0.2) is 29.8 Å². The fourth-order valence-electron chi connectivity index (χ4n) is 2.27. The summed E-state index contributed by atoms with van der Waals surface area (Å²) in [5.41, 5.74) is 0.894. The first-order valence-electron chi connectivity index (χ1n) is 5.98. The van der Waals surface area contributed by atoms with Gasteiger partial charge >= 0.3 is 0 Å². The van der Waals surface area contributed by atoms with Crippen LogP contribution in [0.25, 0.3) is 0 Å². The Balaban J connectivity index is 2.14. The second kappa shape index (κ2) is 5.41. The van der Waals surface area contributed by atoms with E-state index < -0.39 is 17.7 Å². The molecule has 1 unspecified atom stereocenters. The van der Waals surface area contributed by atoms with Gasteiger partial charge in [-0.25, -0.2) is 8.78 Å². The predicted molar refractivity (Wildman–Crippen MR) is 62.5 cm³/mol. The first-order valence-corrected chi connectivity index (χ1v) is 5.98. The van der Waals surface area contributed by atoms with Crippen LogP contribution in [0, 0.1) is 11.6 Å². The number of hydrogen-bond donors (Lipinski definition) is 1. The number of aliphatic hydroxyl groups is 1. The minimum Gasteiger partial charge on any atom is -0.388 e. The molecule has 0 aliphatic heterocycles. The molecule has 1 nitrogen and oxygen atoms in total. The van der Waals surface area contributed by atoms with Crippen LogP contribution in [0.5, 0.6) is 0 Å². The molecule has 3 heteroatoms. The lowest BCUT2D eigenvalue weighted by Gasteiger charge is -2.17. The number of halogens is 2. The summed E-state index contributed by atoms with van der Waals surface area (Å²) in [4.78, 5) is 0. The van der Waals surface area contributed by atoms with Gasteiger partial charge in [0.25, 0.3) is 0 Å². The van der Waals surface area contributed by atoms with Crippen LogP contribution in [0.1, 0.15) is 43.8 Å². The quantitative estimate of drug-likeness (QED) is 0.792. The molecule has 1 N–H and O–H groups in total. The summed E-state index contributed by atoms with van der Waals surface area (Å²) in [5.74, 6) is -1.34. The van der Waals surface area contributed by atoms with Crippen molar-refractivity contribution in [3.05, 3.63) is 47.0 Å². The maximum Gasteiger partial charge on any atom is 0.131 e. The topological polar surface area (TPSA) is 20.2 Å². The second-order valence-corrected chi connectivity index (χ2v) is 4.46. The Bertz CT molecular complexity index is 406. The Hall–Kier alpha value is -1.22. The third-order valence-corrected chi connectivity index (χ3v) is 3.17. The van der Waals surface area contributed by atoms with E-state index in [0.29, 0.717) is 6.42 Å². The molecular formula is C14H16F2O. The molecular weight excluding hydrogens is 222 g/mol. The first-order chi connectivity index (χ1) is 8.18. The van der Waals surface area contributed by atoms with Gasteiger partial charge in [-0.1, -0.05) is 17.7 Å². The number of aliphatic hydroxyl groups excluding tert-OH is 1. The molecule has 0 amide bonds. The summed E-state index contributed by atoms with van der Waals surface area (Å²) >= 11 is 0. The summed E-state index contributed by atoms with van der Waals surface area (Å²) in [6.45, 7) is 0. The summed E-state index contributed by atoms with van der Waals surface area (Å²) < 4.78 is 26.9. The predicted octanol–water partition coefficient (Wildman–Crippen LogP) is 3.89. The van der Waals surface area contributed by atoms with Gasteiger partial charge in [0, 0.05) is 0 Å². The highest BCUT2D eigenvalue weighted by molar-refractivity contribution is 5.24. The van der Waals surface area contributed by atoms with Gasteiger partial charge in [-0.3, -0.25) is 0 Å². The van der Waals surface area contributed by atoms with Crippen LogP contribution in [0.2, 0.25) is 0 Å². The first kappa shape index (κ1) is 12.2. The van der Waals surface area contributed by atoms with Crippen molar-refractivity contribution in [3.8, 4) is 0 Å². The molecule has 92 valence electrons. The van der Waals surface area contributed by atoms with E-state index >= 15 is 0 Å². The van der Waals surface area contributed by atoms with Crippen LogP contribution in [-0.4, -0.2) is 5.11 Å². The smallest absolute Gasteiger partial charge is 0.131 e. The van der Waals surface area contributed by atoms with E-state index in [1.807, 2.05) is 0 Å². The van der Waals surface area contributed by atoms with Gasteiger partial charge in [-0.15, -0.1) is 0 Å². The molecule has 0 spiro atoms. The Morgan fingerprint density at radius 3 is 2.47 bits per heavy atom. The van der Waals surface area contributed by atoms with E-state index in [4.69, 9.17) is 0 Å². The van der Waals surface area contributed by atoms with Crippen molar-refractivity contribution < 1.29 is 13.9 Å². The van der Waals surface area contributed by atoms with E-state index in [0.717, 1.165) is 31.3 Å². The Morgan fingerprint density at radius 2 is 1.88 bits per heavy atom. The SMILES string of the molecule is OC(CC1=CCCCC1)c1c(F)cccc1F. The minimum absolute atomic E-state index is 0.209. The Morgan fingerprint density at radius 1 is 1.18 bits per heavy atom. The van der Waals surface area contributed by atoms with E-state index in [1.54, 1.807) is 0 Å². The Kier molecular flexibility index (Phi) is 3.89. The summed E-state index contributed by atoms with van der Waals surface area (Å²) in [5, 5.41) is 9.91. The largest absolute Gasteiger partial charge is 0.388 e. The third kappa shape index (κ3) is 2.91. The lowest BCUT2D eigenvalue weighted by Crippen LogP contribution is -2.06. The standard InChI is InChI=1S/C14H16F2O/c15-11-7-4-8-12(16)14(11)13(17)9-10-5-2-1-3-6-10/h4-5,7-8,13,17H,1-3,6,9H2. The van der Waals surface area contributed by atoms with E-state index in [9.17, 15) is 13.9 Å². The van der Waals surface area contributed by atoms with Crippen LogP contribution in [0.4, 0.5) is 8.78 Å². The number of rotatable bonds is 3. The van der Waals surface area contributed by atoms with Gasteiger partial charge in [-0.05, 0) is 44.2 Å². The molecule has 1 aliphatic rings. The highest BCUT2D eigenvalue weighted by Gasteiger charge is 2.19. The Labute approximate surface area is 99.8 Å². The number of benzene rings is 1. The van der Waals surface area contributed by atoms with Crippen molar-refractivity contribution in [1.29, 1.82) is 0 Å². The van der Waals surface area contributed by atoms with Crippen molar-refractivity contribution in [2.75, 3.05) is 0 Å². The van der Waals surface area contributed by atoms with E-state index in [-0.39, 0.29) is 5.56 Å². The highest BCUT2D eigenvalue weighted by atomic mass is 19.1. The lowest BCUT2D eigenvalue weighted by atomic mass is 9.92. The molecule has 1 aromatic carbocycles. The fraction of sp³-hybridized carbons (Fsp3) is 0.429. The zero-order chi connectivity index (χ0) is 12.3. The van der Waals surface area contributed by atoms with Crippen molar-refractivity contribution in [3.63, 3.8) is 0 Å². The van der Waals surface area contributed by atoms with Crippen molar-refractivity contribution in [2.24, 2.45) is 0 Å². The van der Waals surface area contributed by atoms with Gasteiger partial charge in [0.15, 0.2) is 0 Å². The number of hydrogen-bond acceptors (Lipinski definition) is 1. The van der Waals surface area contributed by atoms with Gasteiger partial charge < -0.3 is 5.11 Å². The van der Waals surface area contributed by atoms with Crippen LogP contribution in [0.3, 0.4) is 0 Å². The van der Waals surface area contributed by atoms with E-state index in [1.165, 1.54) is 18.2 Å². The zero-order valence-electron chi connectivity index (χ0n) is 9.63. The van der Waals surface area contributed by atoms with Crippen LogP contribution in [-0.2, 0) is 0 Å². The molecule has 0 radical (unpaired) electrons. The third-order valence-electron chi connectivity index (χ3n) is 3.17. The van der Waals surface area contributed by atoms with Crippen molar-refractivity contribution in [1.82, 2.24) is 0 Å². The average Bonchev–Trinajstić information content (AvgIpc) is 2.30. The maximum atomic E-state index is 13.4. The fourth-order valence-corrected chi connectivity index (χ4v) is 2.27. The number of allylic oxidation sites excluding steroid dienone is 1. The van der Waals surface area contributed by atoms with Gasteiger partial charge in [0.05, 0.1) is 11.7 Å². The monoisotopic (exact) mass is 238 g/mol. The molecule has 0 saturated carbocycles. The van der Waals surface area contributed by atoms with Crippen molar-refractivity contribution in [2.45, 2.75) is 38.2 Å². The lowest BCUT2D eigenvalue weighted by molar-refractivity contribution is 0.166. The molecule has 1 aromatic rings. The minimum atomic E-state index is -1.08. The summed E-state index contributed by atoms with van der Waals surface area (Å²) in [6.07, 6.45) is 5.50. The molecule has 0 aromatic heterocycles.